The molecule has 4 heteroatoms. The number of carbonyl (C=O) groups excluding carboxylic acids is 1. The Morgan fingerprint density at radius 1 is 1.05 bits per heavy atom. The van der Waals surface area contributed by atoms with Crippen molar-refractivity contribution in [1.29, 1.82) is 0 Å². The van der Waals surface area contributed by atoms with Gasteiger partial charge in [-0.1, -0.05) is 65.2 Å². The Kier molecular flexibility index (Phi) is 9.15. The van der Waals surface area contributed by atoms with Crippen LogP contribution in [0.5, 0.6) is 0 Å². The van der Waals surface area contributed by atoms with Crippen molar-refractivity contribution in [3.63, 3.8) is 0 Å². The molecule has 0 spiro atoms. The number of unbranched alkanes of at least 4 members (excludes halogenated alkanes) is 6. The lowest BCUT2D eigenvalue weighted by molar-refractivity contribution is -0.125. The molecule has 1 saturated heterocycles. The molecule has 0 bridgehead atoms. The summed E-state index contributed by atoms with van der Waals surface area (Å²) in [6.45, 7) is 3.98. The molecule has 1 rings (SSSR count). The van der Waals surface area contributed by atoms with Gasteiger partial charge in [0.05, 0.1) is 12.6 Å². The molecule has 1 aliphatic heterocycles. The number of rotatable bonds is 12. The van der Waals surface area contributed by atoms with Crippen LogP contribution in [0.1, 0.15) is 84.5 Å². The van der Waals surface area contributed by atoms with E-state index >= 15 is 0 Å². The van der Waals surface area contributed by atoms with Crippen molar-refractivity contribution in [2.24, 2.45) is 5.92 Å². The number of nitrogens with one attached hydrogen (secondary N) is 1. The summed E-state index contributed by atoms with van der Waals surface area (Å²) in [5.41, 5.74) is 0. The average Bonchev–Trinajstić information content (AvgIpc) is 2.85. The monoisotopic (exact) mass is 317 g/mol. The van der Waals surface area contributed by atoms with E-state index in [4.69, 9.17) is 0 Å². The molecule has 1 aliphatic rings. The predicted molar refractivity (Wildman–Crippen MR) is 87.4 cm³/mol. The minimum Gasteiger partial charge on any atom is -0.302 e. The highest BCUT2D eigenvalue weighted by Gasteiger charge is 2.43. The van der Waals surface area contributed by atoms with Gasteiger partial charge in [-0.25, -0.2) is 8.78 Å². The second-order valence-electron chi connectivity index (χ2n) is 6.79. The lowest BCUT2D eigenvalue weighted by Gasteiger charge is -2.19. The Bertz CT molecular complexity index is 320. The first-order valence-electron chi connectivity index (χ1n) is 9.15. The highest BCUT2D eigenvalue weighted by molar-refractivity contribution is 5.86. The molecule has 2 atom stereocenters. The van der Waals surface area contributed by atoms with Crippen LogP contribution in [-0.2, 0) is 4.79 Å². The molecular weight excluding hydrogens is 284 g/mol. The van der Waals surface area contributed by atoms with E-state index < -0.39 is 12.0 Å². The van der Waals surface area contributed by atoms with Crippen LogP contribution >= 0.6 is 0 Å². The topological polar surface area (TPSA) is 29.1 Å². The first-order valence-corrected chi connectivity index (χ1v) is 9.15. The standard InChI is InChI=1S/C18H33F2NO/c1-3-5-7-8-10-12-15(11-9-6-4-2)17(22)16-13-18(19,20)14-21-16/h15-16,21H,3-14H2,1-2H3/t15?,16-/m0/s1. The van der Waals surface area contributed by atoms with Crippen molar-refractivity contribution >= 4 is 5.78 Å². The van der Waals surface area contributed by atoms with Crippen molar-refractivity contribution in [3.05, 3.63) is 0 Å². The van der Waals surface area contributed by atoms with E-state index in [9.17, 15) is 13.6 Å². The Labute approximate surface area is 134 Å². The summed E-state index contributed by atoms with van der Waals surface area (Å²) in [5, 5.41) is 2.73. The van der Waals surface area contributed by atoms with Gasteiger partial charge in [-0.2, -0.15) is 0 Å². The molecule has 1 N–H and O–H groups in total. The normalized spacial score (nSPS) is 21.9. The number of halogens is 2. The summed E-state index contributed by atoms with van der Waals surface area (Å²) in [6.07, 6.45) is 10.6. The van der Waals surface area contributed by atoms with E-state index in [0.29, 0.717) is 0 Å². The largest absolute Gasteiger partial charge is 0.302 e. The first kappa shape index (κ1) is 19.5. The smallest absolute Gasteiger partial charge is 0.262 e. The quantitative estimate of drug-likeness (QED) is 0.507. The highest BCUT2D eigenvalue weighted by atomic mass is 19.3. The molecule has 0 radical (unpaired) electrons. The van der Waals surface area contributed by atoms with Crippen LogP contribution in [-0.4, -0.2) is 24.3 Å². The van der Waals surface area contributed by atoms with E-state index in [-0.39, 0.29) is 24.7 Å². The van der Waals surface area contributed by atoms with E-state index in [1.165, 1.54) is 19.3 Å². The van der Waals surface area contributed by atoms with Crippen LogP contribution in [0.3, 0.4) is 0 Å². The molecule has 0 aromatic rings. The summed E-state index contributed by atoms with van der Waals surface area (Å²) < 4.78 is 26.6. The van der Waals surface area contributed by atoms with E-state index in [0.717, 1.165) is 44.9 Å². The van der Waals surface area contributed by atoms with Crippen molar-refractivity contribution in [2.45, 2.75) is 96.4 Å². The van der Waals surface area contributed by atoms with Crippen molar-refractivity contribution in [1.82, 2.24) is 5.32 Å². The molecule has 0 amide bonds. The van der Waals surface area contributed by atoms with Gasteiger partial charge in [0.25, 0.3) is 5.92 Å². The second kappa shape index (κ2) is 10.3. The maximum absolute atomic E-state index is 13.3. The van der Waals surface area contributed by atoms with Crippen LogP contribution in [0.15, 0.2) is 0 Å². The van der Waals surface area contributed by atoms with E-state index in [1.807, 2.05) is 0 Å². The molecule has 130 valence electrons. The van der Waals surface area contributed by atoms with Crippen LogP contribution in [0.4, 0.5) is 8.78 Å². The van der Waals surface area contributed by atoms with Crippen molar-refractivity contribution in [3.8, 4) is 0 Å². The van der Waals surface area contributed by atoms with Crippen LogP contribution < -0.4 is 5.32 Å². The molecule has 1 heterocycles. The number of carbonyl (C=O) groups is 1. The van der Waals surface area contributed by atoms with Gasteiger partial charge in [-0.15, -0.1) is 0 Å². The van der Waals surface area contributed by atoms with Gasteiger partial charge < -0.3 is 5.32 Å². The lowest BCUT2D eigenvalue weighted by Crippen LogP contribution is -2.35. The van der Waals surface area contributed by atoms with Gasteiger partial charge in [0, 0.05) is 12.3 Å². The Morgan fingerprint density at radius 2 is 1.59 bits per heavy atom. The van der Waals surface area contributed by atoms with Gasteiger partial charge in [0.1, 0.15) is 0 Å². The summed E-state index contributed by atoms with van der Waals surface area (Å²) in [7, 11) is 0. The minimum atomic E-state index is -2.71. The number of ketones is 1. The van der Waals surface area contributed by atoms with Gasteiger partial charge >= 0.3 is 0 Å². The molecule has 0 aliphatic carbocycles. The zero-order valence-electron chi connectivity index (χ0n) is 14.3. The third-order valence-corrected chi connectivity index (χ3v) is 4.67. The fourth-order valence-corrected chi connectivity index (χ4v) is 3.27. The molecular formula is C18H33F2NO. The Hall–Kier alpha value is -0.510. The maximum atomic E-state index is 13.3. The predicted octanol–water partition coefficient (Wildman–Crippen LogP) is 5.11. The summed E-state index contributed by atoms with van der Waals surface area (Å²) in [6, 6.07) is -0.628. The number of alkyl halides is 2. The van der Waals surface area contributed by atoms with Crippen molar-refractivity contribution < 1.29 is 13.6 Å². The molecule has 0 aromatic heterocycles. The molecule has 0 saturated carbocycles. The number of hydrogen-bond donors (Lipinski definition) is 1. The zero-order valence-corrected chi connectivity index (χ0v) is 14.3. The summed E-state index contributed by atoms with van der Waals surface area (Å²) >= 11 is 0. The van der Waals surface area contributed by atoms with Crippen LogP contribution in [0.2, 0.25) is 0 Å². The molecule has 1 fully saturated rings. The summed E-state index contributed by atoms with van der Waals surface area (Å²) in [5.74, 6) is -2.71. The average molecular weight is 317 g/mol. The maximum Gasteiger partial charge on any atom is 0.262 e. The first-order chi connectivity index (χ1) is 10.5. The third kappa shape index (κ3) is 7.17. The highest BCUT2D eigenvalue weighted by Crippen LogP contribution is 2.29. The molecule has 22 heavy (non-hydrogen) atoms. The molecule has 0 aromatic carbocycles. The van der Waals surface area contributed by atoms with Gasteiger partial charge in [-0.05, 0) is 12.8 Å². The van der Waals surface area contributed by atoms with Gasteiger partial charge in [0.2, 0.25) is 0 Å². The Balaban J connectivity index is 2.43. The van der Waals surface area contributed by atoms with Crippen molar-refractivity contribution in [2.75, 3.05) is 6.54 Å². The second-order valence-corrected chi connectivity index (χ2v) is 6.79. The number of hydrogen-bond acceptors (Lipinski definition) is 2. The Morgan fingerprint density at radius 3 is 2.14 bits per heavy atom. The van der Waals surface area contributed by atoms with Crippen LogP contribution in [0.25, 0.3) is 0 Å². The SMILES string of the molecule is CCCCCCCC(CCCCC)C(=O)[C@@H]1CC(F)(F)CN1. The zero-order chi connectivity index (χ0) is 16.4. The lowest BCUT2D eigenvalue weighted by atomic mass is 9.87. The molecule has 1 unspecified atom stereocenters. The molecule has 2 nitrogen and oxygen atoms in total. The third-order valence-electron chi connectivity index (χ3n) is 4.67. The van der Waals surface area contributed by atoms with Gasteiger partial charge in [0.15, 0.2) is 5.78 Å². The van der Waals surface area contributed by atoms with Gasteiger partial charge in [-0.3, -0.25) is 4.79 Å². The summed E-state index contributed by atoms with van der Waals surface area (Å²) in [4.78, 5) is 12.6. The van der Waals surface area contributed by atoms with E-state index in [2.05, 4.69) is 19.2 Å². The number of Topliss-reactive ketones (excluding diaryl/α,β-unsaturated/α-hetero) is 1. The fraction of sp³-hybridized carbons (Fsp3) is 0.944. The van der Waals surface area contributed by atoms with E-state index in [1.54, 1.807) is 0 Å². The van der Waals surface area contributed by atoms with Crippen LogP contribution in [0, 0.1) is 5.92 Å². The fourth-order valence-electron chi connectivity index (χ4n) is 3.27. The minimum absolute atomic E-state index is 0.0282.